The molecule has 9 heteroatoms. The summed E-state index contributed by atoms with van der Waals surface area (Å²) in [5, 5.41) is 25.2. The Morgan fingerprint density at radius 2 is 2.00 bits per heavy atom. The van der Waals surface area contributed by atoms with Crippen molar-refractivity contribution in [2.75, 3.05) is 19.6 Å². The number of nitrogens with zero attached hydrogens (tertiary/aromatic N) is 3. The summed E-state index contributed by atoms with van der Waals surface area (Å²) in [6.45, 7) is 3.68. The minimum atomic E-state index is -1.91. The van der Waals surface area contributed by atoms with Gasteiger partial charge in [-0.05, 0) is 13.3 Å². The van der Waals surface area contributed by atoms with Crippen molar-refractivity contribution in [1.29, 1.82) is 0 Å². The Morgan fingerprint density at radius 3 is 2.50 bits per heavy atom. The first-order chi connectivity index (χ1) is 9.27. The third kappa shape index (κ3) is 1.92. The third-order valence-corrected chi connectivity index (χ3v) is 4.54. The molecule has 9 nitrogen and oxygen atoms in total. The number of hydrogen-bond acceptors (Lipinski definition) is 6. The molecule has 0 aliphatic carbocycles. The second-order valence-electron chi connectivity index (χ2n) is 5.79. The zero-order valence-corrected chi connectivity index (χ0v) is 11.5. The maximum absolute atomic E-state index is 12.0. The topological polar surface area (TPSA) is 119 Å². The highest BCUT2D eigenvalue weighted by Crippen LogP contribution is 2.37. The van der Waals surface area contributed by atoms with Crippen molar-refractivity contribution in [1.82, 2.24) is 10.2 Å². The number of nitro groups is 2. The van der Waals surface area contributed by atoms with Crippen molar-refractivity contribution in [2.24, 2.45) is 0 Å². The highest BCUT2D eigenvalue weighted by atomic mass is 16.6. The largest absolute Gasteiger partial charge is 0.343 e. The van der Waals surface area contributed by atoms with Gasteiger partial charge in [0.25, 0.3) is 11.4 Å². The molecule has 3 atom stereocenters. The lowest BCUT2D eigenvalue weighted by atomic mass is 9.74. The summed E-state index contributed by atoms with van der Waals surface area (Å²) in [5.74, 6) is -0.715. The molecule has 0 unspecified atom stereocenters. The lowest BCUT2D eigenvalue weighted by Crippen LogP contribution is -2.77. The normalized spacial score (nSPS) is 35.2. The Morgan fingerprint density at radius 1 is 1.35 bits per heavy atom. The second-order valence-corrected chi connectivity index (χ2v) is 5.79. The molecule has 0 spiro atoms. The van der Waals surface area contributed by atoms with Gasteiger partial charge in [0.1, 0.15) is 6.42 Å². The van der Waals surface area contributed by atoms with E-state index in [-0.39, 0.29) is 32.1 Å². The number of rotatable bonds is 4. The van der Waals surface area contributed by atoms with Crippen molar-refractivity contribution in [3.8, 4) is 0 Å². The van der Waals surface area contributed by atoms with Crippen LogP contribution in [0.4, 0.5) is 0 Å². The van der Waals surface area contributed by atoms with Crippen LogP contribution in [0.15, 0.2) is 0 Å². The summed E-state index contributed by atoms with van der Waals surface area (Å²) in [6.07, 6.45) is 0.377. The second kappa shape index (κ2) is 4.65. The van der Waals surface area contributed by atoms with Gasteiger partial charge in [-0.25, -0.2) is 0 Å². The summed E-state index contributed by atoms with van der Waals surface area (Å²) >= 11 is 0. The first kappa shape index (κ1) is 14.6. The van der Waals surface area contributed by atoms with E-state index in [9.17, 15) is 25.0 Å². The van der Waals surface area contributed by atoms with Gasteiger partial charge in [-0.15, -0.1) is 0 Å². The van der Waals surface area contributed by atoms with Crippen molar-refractivity contribution >= 4 is 5.91 Å². The molecule has 2 saturated heterocycles. The van der Waals surface area contributed by atoms with Crippen LogP contribution in [0.25, 0.3) is 0 Å². The molecule has 0 aromatic carbocycles. The number of nitrogens with one attached hydrogen (secondary N) is 1. The number of amides is 1. The lowest BCUT2D eigenvalue weighted by molar-refractivity contribution is -0.619. The highest BCUT2D eigenvalue weighted by molar-refractivity contribution is 5.86. The van der Waals surface area contributed by atoms with Gasteiger partial charge in [-0.3, -0.25) is 29.9 Å². The first-order valence-corrected chi connectivity index (χ1v) is 6.59. The predicted octanol–water partition coefficient (Wildman–Crippen LogP) is -0.349. The van der Waals surface area contributed by atoms with Crippen molar-refractivity contribution in [3.05, 3.63) is 20.2 Å². The van der Waals surface area contributed by atoms with E-state index < -0.39 is 26.8 Å². The van der Waals surface area contributed by atoms with E-state index >= 15 is 0 Å². The molecule has 2 bridgehead atoms. The Bertz CT molecular complexity index is 470. The molecule has 0 radical (unpaired) electrons. The Labute approximate surface area is 115 Å². The molecule has 20 heavy (non-hydrogen) atoms. The zero-order chi connectivity index (χ0) is 15.1. The van der Waals surface area contributed by atoms with Crippen LogP contribution in [0.2, 0.25) is 0 Å². The Kier molecular flexibility index (Phi) is 3.41. The average Bonchev–Trinajstić information content (AvgIpc) is 2.41. The maximum atomic E-state index is 12.0. The van der Waals surface area contributed by atoms with E-state index in [4.69, 9.17) is 0 Å². The van der Waals surface area contributed by atoms with Crippen LogP contribution in [0.5, 0.6) is 0 Å². The summed E-state index contributed by atoms with van der Waals surface area (Å²) in [4.78, 5) is 35.4. The smallest absolute Gasteiger partial charge is 0.317 e. The van der Waals surface area contributed by atoms with Crippen LogP contribution >= 0.6 is 0 Å². The molecular formula is C11H18N4O5. The van der Waals surface area contributed by atoms with Gasteiger partial charge in [0, 0.05) is 15.9 Å². The molecule has 0 aromatic heterocycles. The quantitative estimate of drug-likeness (QED) is 0.557. The lowest BCUT2D eigenvalue weighted by Gasteiger charge is -2.47. The molecule has 1 amide bonds. The van der Waals surface area contributed by atoms with Gasteiger partial charge in [0.05, 0.1) is 19.6 Å². The van der Waals surface area contributed by atoms with Crippen LogP contribution in [-0.4, -0.2) is 57.4 Å². The molecule has 0 saturated carbocycles. The number of fused-ring (bicyclic) bond motifs is 2. The maximum Gasteiger partial charge on any atom is 0.317 e. The van der Waals surface area contributed by atoms with Gasteiger partial charge < -0.3 is 5.32 Å². The van der Waals surface area contributed by atoms with E-state index in [1.807, 2.05) is 13.8 Å². The zero-order valence-electron chi connectivity index (χ0n) is 11.5. The Hall–Kier alpha value is -1.77. The van der Waals surface area contributed by atoms with Gasteiger partial charge in [-0.2, -0.15) is 0 Å². The average molecular weight is 286 g/mol. The monoisotopic (exact) mass is 286 g/mol. The molecule has 2 aliphatic rings. The van der Waals surface area contributed by atoms with Crippen LogP contribution < -0.4 is 5.32 Å². The van der Waals surface area contributed by atoms with Gasteiger partial charge in [-0.1, -0.05) is 6.92 Å². The number of piperidine rings is 2. The SMILES string of the molecule is CC[C@H](C)N1C[C@@]2([N+](=O)[O-])CNC(=O)[C@@]([N+](=O)[O-])(C1)C2. The fourth-order valence-corrected chi connectivity index (χ4v) is 3.07. The van der Waals surface area contributed by atoms with Crippen LogP contribution in [0.3, 0.4) is 0 Å². The van der Waals surface area contributed by atoms with E-state index in [2.05, 4.69) is 5.32 Å². The third-order valence-electron chi connectivity index (χ3n) is 4.54. The molecule has 2 rings (SSSR count). The number of likely N-dealkylation sites (tertiary alicyclic amines) is 1. The van der Waals surface area contributed by atoms with Crippen LogP contribution in [0.1, 0.15) is 26.7 Å². The standard InChI is InChI=1S/C11H18N4O5/c1-3-8(2)13-6-10(14(17)18)4-11(7-13,15(19)20)9(16)12-5-10/h8H,3-7H2,1-2H3,(H,12,16)/t8-,10-,11-/m0/s1. The van der Waals surface area contributed by atoms with Gasteiger partial charge in [0.15, 0.2) is 0 Å². The summed E-state index contributed by atoms with van der Waals surface area (Å²) in [7, 11) is 0. The number of carbonyl (C=O) groups is 1. The molecular weight excluding hydrogens is 268 g/mol. The molecule has 0 aromatic rings. The van der Waals surface area contributed by atoms with E-state index in [0.717, 1.165) is 0 Å². The van der Waals surface area contributed by atoms with E-state index in [1.165, 1.54) is 0 Å². The number of hydrogen-bond donors (Lipinski definition) is 1. The van der Waals surface area contributed by atoms with Gasteiger partial charge >= 0.3 is 5.54 Å². The fraction of sp³-hybridized carbons (Fsp3) is 0.909. The summed E-state index contributed by atoms with van der Waals surface area (Å²) in [6, 6.07) is -0.0418. The van der Waals surface area contributed by atoms with E-state index in [1.54, 1.807) is 4.90 Å². The van der Waals surface area contributed by atoms with E-state index in [0.29, 0.717) is 6.42 Å². The van der Waals surface area contributed by atoms with Crippen molar-refractivity contribution in [2.45, 2.75) is 43.8 Å². The van der Waals surface area contributed by atoms with Crippen LogP contribution in [-0.2, 0) is 4.79 Å². The predicted molar refractivity (Wildman–Crippen MR) is 68.4 cm³/mol. The molecule has 1 N–H and O–H groups in total. The fourth-order valence-electron chi connectivity index (χ4n) is 3.07. The molecule has 2 fully saturated rings. The highest BCUT2D eigenvalue weighted by Gasteiger charge is 2.69. The summed E-state index contributed by atoms with van der Waals surface area (Å²) in [5.41, 5.74) is -3.38. The summed E-state index contributed by atoms with van der Waals surface area (Å²) < 4.78 is 0. The molecule has 2 heterocycles. The minimum absolute atomic E-state index is 0.0418. The minimum Gasteiger partial charge on any atom is -0.343 e. The van der Waals surface area contributed by atoms with Crippen LogP contribution in [0, 0.1) is 20.2 Å². The van der Waals surface area contributed by atoms with Crippen molar-refractivity contribution < 1.29 is 14.6 Å². The van der Waals surface area contributed by atoms with Gasteiger partial charge in [0.2, 0.25) is 0 Å². The van der Waals surface area contributed by atoms with Crippen molar-refractivity contribution in [3.63, 3.8) is 0 Å². The number of carbonyl (C=O) groups excluding carboxylic acids is 1. The molecule has 2 aliphatic heterocycles. The first-order valence-electron chi connectivity index (χ1n) is 6.59. The Balaban J connectivity index is 2.46. The molecule has 112 valence electrons.